The van der Waals surface area contributed by atoms with Gasteiger partial charge in [0.15, 0.2) is 0 Å². The molecule has 5 aromatic heterocycles. The van der Waals surface area contributed by atoms with Crippen LogP contribution >= 0.6 is 11.3 Å². The number of rotatable bonds is 3. The van der Waals surface area contributed by atoms with E-state index in [0.29, 0.717) is 5.95 Å². The van der Waals surface area contributed by atoms with Crippen LogP contribution in [0.5, 0.6) is 0 Å². The fourth-order valence-corrected chi connectivity index (χ4v) is 9.79. The first-order valence-electron chi connectivity index (χ1n) is 18.1. The van der Waals surface area contributed by atoms with Crippen LogP contribution in [0.1, 0.15) is 0 Å². The molecule has 0 bridgehead atoms. The first kappa shape index (κ1) is 29.5. The molecule has 0 fully saturated rings. The molecule has 0 aliphatic rings. The van der Waals surface area contributed by atoms with Gasteiger partial charge in [-0.15, -0.1) is 11.3 Å². The summed E-state index contributed by atoms with van der Waals surface area (Å²) < 4.78 is 4.77. The number of fused-ring (bicyclic) bond motifs is 14. The van der Waals surface area contributed by atoms with Crippen molar-refractivity contribution in [3.8, 4) is 28.5 Å². The van der Waals surface area contributed by atoms with Crippen molar-refractivity contribution in [3.05, 3.63) is 164 Å². The Balaban J connectivity index is 1.19. The maximum absolute atomic E-state index is 5.49. The lowest BCUT2D eigenvalue weighted by atomic mass is 9.91. The van der Waals surface area contributed by atoms with Crippen LogP contribution in [0, 0.1) is 0 Å². The van der Waals surface area contributed by atoms with Gasteiger partial charge < -0.3 is 0 Å². The topological polar surface area (TPSA) is 56.5 Å². The maximum Gasteiger partial charge on any atom is 0.235 e. The molecule has 7 aromatic carbocycles. The van der Waals surface area contributed by atoms with Gasteiger partial charge in [-0.2, -0.15) is 0 Å². The van der Waals surface area contributed by atoms with Crippen LogP contribution in [0.15, 0.2) is 164 Å². The van der Waals surface area contributed by atoms with E-state index in [-0.39, 0.29) is 0 Å². The van der Waals surface area contributed by atoms with Crippen molar-refractivity contribution in [2.24, 2.45) is 0 Å². The summed E-state index contributed by atoms with van der Waals surface area (Å²) in [5, 5.41) is 11.8. The molecule has 6 heteroatoms. The summed E-state index contributed by atoms with van der Waals surface area (Å²) in [4.78, 5) is 20.5. The second kappa shape index (κ2) is 11.2. The standard InChI is InChI=1S/C48H27N5S/c1-2-12-28(13-3-1)45-34-17-7-10-20-38(34)51-48(52-45)53-39-23-22-29(26-36(39)30-24-25-49-27-40(30)53)46-43-31-14-4-5-15-32(31)47-44(35-18-8-11-21-41(35)54-47)42(43)33-16-6-9-19-37(33)50-46/h1-27H. The van der Waals surface area contributed by atoms with Crippen molar-refractivity contribution >= 4 is 96.7 Å². The van der Waals surface area contributed by atoms with E-state index in [1.807, 2.05) is 41.9 Å². The zero-order valence-electron chi connectivity index (χ0n) is 28.7. The summed E-state index contributed by atoms with van der Waals surface area (Å²) in [5.74, 6) is 0.611. The molecule has 0 radical (unpaired) electrons. The molecule has 0 aliphatic carbocycles. The highest BCUT2D eigenvalue weighted by Crippen LogP contribution is 2.48. The van der Waals surface area contributed by atoms with E-state index in [4.69, 9.17) is 15.0 Å². The smallest absolute Gasteiger partial charge is 0.235 e. The second-order valence-corrected chi connectivity index (χ2v) is 14.8. The van der Waals surface area contributed by atoms with Crippen LogP contribution in [-0.4, -0.2) is 24.5 Å². The molecule has 12 aromatic rings. The third kappa shape index (κ3) is 4.14. The molecule has 0 N–H and O–H groups in total. The van der Waals surface area contributed by atoms with E-state index in [1.165, 1.54) is 47.1 Å². The predicted octanol–water partition coefficient (Wildman–Crippen LogP) is 12.7. The predicted molar refractivity (Wildman–Crippen MR) is 226 cm³/mol. The first-order chi connectivity index (χ1) is 26.8. The summed E-state index contributed by atoms with van der Waals surface area (Å²) in [5.41, 5.74) is 7.82. The summed E-state index contributed by atoms with van der Waals surface area (Å²) in [6.45, 7) is 0. The van der Waals surface area contributed by atoms with Gasteiger partial charge in [0.2, 0.25) is 5.95 Å². The Morgan fingerprint density at radius 1 is 0.426 bits per heavy atom. The Kier molecular flexibility index (Phi) is 6.15. The van der Waals surface area contributed by atoms with Gasteiger partial charge in [-0.3, -0.25) is 9.55 Å². The molecule has 0 spiro atoms. The Morgan fingerprint density at radius 3 is 1.98 bits per heavy atom. The first-order valence-corrected chi connectivity index (χ1v) is 18.9. The highest BCUT2D eigenvalue weighted by Gasteiger charge is 2.22. The van der Waals surface area contributed by atoms with Gasteiger partial charge in [-0.05, 0) is 41.8 Å². The van der Waals surface area contributed by atoms with Crippen LogP contribution in [-0.2, 0) is 0 Å². The summed E-state index contributed by atoms with van der Waals surface area (Å²) in [7, 11) is 0. The Labute approximate surface area is 312 Å². The molecule has 0 saturated heterocycles. The van der Waals surface area contributed by atoms with Gasteiger partial charge in [-0.1, -0.05) is 115 Å². The summed E-state index contributed by atoms with van der Waals surface area (Å²) in [6.07, 6.45) is 3.79. The van der Waals surface area contributed by atoms with E-state index in [0.717, 1.165) is 60.7 Å². The quantitative estimate of drug-likeness (QED) is 0.172. The Morgan fingerprint density at radius 2 is 1.13 bits per heavy atom. The Bertz CT molecular complexity index is 3510. The molecule has 5 nitrogen and oxygen atoms in total. The molecular formula is C48H27N5S. The van der Waals surface area contributed by atoms with E-state index in [2.05, 4.69) is 143 Å². The Hall–Kier alpha value is -7.02. The fourth-order valence-electron chi connectivity index (χ4n) is 8.54. The lowest BCUT2D eigenvalue weighted by molar-refractivity contribution is 1.01. The summed E-state index contributed by atoms with van der Waals surface area (Å²) in [6, 6.07) is 53.6. The van der Waals surface area contributed by atoms with Crippen LogP contribution in [0.3, 0.4) is 0 Å². The van der Waals surface area contributed by atoms with Crippen LogP contribution in [0.2, 0.25) is 0 Å². The van der Waals surface area contributed by atoms with Gasteiger partial charge >= 0.3 is 0 Å². The van der Waals surface area contributed by atoms with E-state index in [1.54, 1.807) is 0 Å². The molecule has 250 valence electrons. The van der Waals surface area contributed by atoms with E-state index >= 15 is 0 Å². The molecule has 0 unspecified atom stereocenters. The van der Waals surface area contributed by atoms with Crippen molar-refractivity contribution in [2.75, 3.05) is 0 Å². The molecule has 12 rings (SSSR count). The van der Waals surface area contributed by atoms with Crippen molar-refractivity contribution in [1.29, 1.82) is 0 Å². The number of aromatic nitrogens is 5. The van der Waals surface area contributed by atoms with Crippen molar-refractivity contribution in [2.45, 2.75) is 0 Å². The number of hydrogen-bond acceptors (Lipinski definition) is 5. The molecule has 5 heterocycles. The largest absolute Gasteiger partial charge is 0.276 e. The van der Waals surface area contributed by atoms with E-state index in [9.17, 15) is 0 Å². The normalized spacial score (nSPS) is 12.1. The highest BCUT2D eigenvalue weighted by atomic mass is 32.1. The average molecular weight is 706 g/mol. The number of hydrogen-bond donors (Lipinski definition) is 0. The van der Waals surface area contributed by atoms with Crippen LogP contribution in [0.4, 0.5) is 0 Å². The zero-order valence-corrected chi connectivity index (χ0v) is 29.5. The minimum Gasteiger partial charge on any atom is -0.276 e. The molecule has 0 amide bonds. The minimum atomic E-state index is 0.611. The number of nitrogens with zero attached hydrogens (tertiary/aromatic N) is 5. The van der Waals surface area contributed by atoms with Crippen LogP contribution < -0.4 is 0 Å². The van der Waals surface area contributed by atoms with Gasteiger partial charge in [0.25, 0.3) is 0 Å². The molecule has 0 atom stereocenters. The number of thiophene rings is 1. The molecule has 0 aliphatic heterocycles. The van der Waals surface area contributed by atoms with Gasteiger partial charge in [0.05, 0.1) is 39.7 Å². The third-order valence-electron chi connectivity index (χ3n) is 10.9. The number of para-hydroxylation sites is 2. The molecule has 54 heavy (non-hydrogen) atoms. The van der Waals surface area contributed by atoms with Crippen LogP contribution in [0.25, 0.3) is 114 Å². The SMILES string of the molecule is c1ccc(-c2nc(-n3c4ccc(-c5nc6ccccc6c6c5c5ccccc5c5sc7ccccc7c56)cc4c4ccncc43)nc3ccccc23)cc1. The average Bonchev–Trinajstić information content (AvgIpc) is 3.79. The molecule has 0 saturated carbocycles. The lowest BCUT2D eigenvalue weighted by Crippen LogP contribution is -2.03. The minimum absolute atomic E-state index is 0.611. The van der Waals surface area contributed by atoms with Crippen molar-refractivity contribution < 1.29 is 0 Å². The fraction of sp³-hybridized carbons (Fsp3) is 0. The number of benzene rings is 7. The highest BCUT2D eigenvalue weighted by molar-refractivity contribution is 7.27. The van der Waals surface area contributed by atoms with Gasteiger partial charge in [0.1, 0.15) is 0 Å². The third-order valence-corrected chi connectivity index (χ3v) is 12.1. The van der Waals surface area contributed by atoms with Gasteiger partial charge in [-0.25, -0.2) is 15.0 Å². The van der Waals surface area contributed by atoms with E-state index < -0.39 is 0 Å². The second-order valence-electron chi connectivity index (χ2n) is 13.8. The number of pyridine rings is 2. The maximum atomic E-state index is 5.49. The summed E-state index contributed by atoms with van der Waals surface area (Å²) >= 11 is 1.88. The zero-order chi connectivity index (χ0) is 35.3. The monoisotopic (exact) mass is 705 g/mol. The lowest BCUT2D eigenvalue weighted by Gasteiger charge is -2.15. The molecular weight excluding hydrogens is 679 g/mol. The van der Waals surface area contributed by atoms with Gasteiger partial charge in [0, 0.05) is 75.2 Å². The van der Waals surface area contributed by atoms with Crippen molar-refractivity contribution in [3.63, 3.8) is 0 Å². The van der Waals surface area contributed by atoms with Crippen molar-refractivity contribution in [1.82, 2.24) is 24.5 Å².